The largest absolute Gasteiger partial charge is 0.332 e. The van der Waals surface area contributed by atoms with Gasteiger partial charge in [-0.1, -0.05) is 53.6 Å². The van der Waals surface area contributed by atoms with Crippen molar-refractivity contribution < 1.29 is 4.59 Å². The molecule has 0 radical (unpaired) electrons. The summed E-state index contributed by atoms with van der Waals surface area (Å²) < 4.78 is 0.450. The number of quaternary nitrogens is 1. The van der Waals surface area contributed by atoms with E-state index >= 15 is 0 Å². The van der Waals surface area contributed by atoms with E-state index in [1.165, 1.54) is 0 Å². The second kappa shape index (κ2) is 7.15. The van der Waals surface area contributed by atoms with Crippen LogP contribution in [0.5, 0.6) is 0 Å². The lowest BCUT2D eigenvalue weighted by Crippen LogP contribution is -2.39. The summed E-state index contributed by atoms with van der Waals surface area (Å²) in [6.45, 7) is 0. The molecule has 2 rings (SSSR count). The number of hydrogen-bond donors (Lipinski definition) is 2. The Bertz CT molecular complexity index is 645. The van der Waals surface area contributed by atoms with Crippen molar-refractivity contribution in [3.8, 4) is 0 Å². The number of nitrogens with zero attached hydrogens (tertiary/aromatic N) is 2. The highest BCUT2D eigenvalue weighted by molar-refractivity contribution is 7.80. The Morgan fingerprint density at radius 1 is 0.909 bits per heavy atom. The molecule has 0 saturated heterocycles. The summed E-state index contributed by atoms with van der Waals surface area (Å²) in [6.07, 6.45) is 0. The number of thiocarbonyl (C=S) groups is 1. The number of para-hydroxylation sites is 1. The molecule has 0 unspecified atom stereocenters. The predicted molar refractivity (Wildman–Crippen MR) is 96.8 cm³/mol. The summed E-state index contributed by atoms with van der Waals surface area (Å²) in [7, 11) is 5.99. The third-order valence-corrected chi connectivity index (χ3v) is 2.91. The molecule has 0 spiro atoms. The summed E-state index contributed by atoms with van der Waals surface area (Å²) in [4.78, 5) is 0. The highest BCUT2D eigenvalue weighted by Gasteiger charge is 2.13. The Hall–Kier alpha value is -2.24. The van der Waals surface area contributed by atoms with Gasteiger partial charge in [0.15, 0.2) is 10.9 Å². The quantitative estimate of drug-likeness (QED) is 0.301. The first-order valence-corrected chi connectivity index (χ1v) is 7.45. The first-order chi connectivity index (χ1) is 10.4. The van der Waals surface area contributed by atoms with Crippen LogP contribution >= 0.6 is 12.2 Å². The molecular weight excluding hydrogens is 292 g/mol. The number of rotatable bonds is 3. The summed E-state index contributed by atoms with van der Waals surface area (Å²) in [5, 5.41) is 11.5. The van der Waals surface area contributed by atoms with Gasteiger partial charge >= 0.3 is 0 Å². The van der Waals surface area contributed by atoms with Crippen LogP contribution in [0.1, 0.15) is 5.56 Å². The van der Waals surface area contributed by atoms with Crippen LogP contribution < -0.4 is 10.6 Å². The van der Waals surface area contributed by atoms with Crippen LogP contribution in [-0.2, 0) is 0 Å². The topological polar surface area (TPSA) is 36.4 Å². The highest BCUT2D eigenvalue weighted by Crippen LogP contribution is 2.06. The van der Waals surface area contributed by atoms with Gasteiger partial charge < -0.3 is 10.6 Å². The maximum atomic E-state index is 5.39. The molecule has 0 heterocycles. The second-order valence-corrected chi connectivity index (χ2v) is 6.11. The van der Waals surface area contributed by atoms with Gasteiger partial charge in [0.05, 0.1) is 21.1 Å². The first-order valence-electron chi connectivity index (χ1n) is 7.04. The molecule has 0 atom stereocenters. The van der Waals surface area contributed by atoms with Gasteiger partial charge in [-0.2, -0.15) is 0 Å². The maximum Gasteiger partial charge on any atom is 0.195 e. The van der Waals surface area contributed by atoms with Gasteiger partial charge in [0, 0.05) is 11.3 Å². The fraction of sp³-hybridized carbons (Fsp3) is 0.176. The van der Waals surface area contributed by atoms with Crippen molar-refractivity contribution in [3.63, 3.8) is 0 Å². The molecule has 2 aromatic carbocycles. The average molecular weight is 313 g/mol. The van der Waals surface area contributed by atoms with Crippen molar-refractivity contribution in [1.82, 2.24) is 5.32 Å². The monoisotopic (exact) mass is 313 g/mol. The van der Waals surface area contributed by atoms with Crippen molar-refractivity contribution in [2.45, 2.75) is 0 Å². The van der Waals surface area contributed by atoms with Crippen LogP contribution in [0.4, 0.5) is 5.69 Å². The van der Waals surface area contributed by atoms with E-state index in [0.29, 0.717) is 9.70 Å². The lowest BCUT2D eigenvalue weighted by atomic mass is 10.2. The fourth-order valence-corrected chi connectivity index (χ4v) is 2.06. The lowest BCUT2D eigenvalue weighted by molar-refractivity contribution is -0.877. The summed E-state index contributed by atoms with van der Waals surface area (Å²) in [6, 6.07) is 19.8. The Kier molecular flexibility index (Phi) is 5.25. The minimum atomic E-state index is 0.450. The summed E-state index contributed by atoms with van der Waals surface area (Å²) >= 11 is 5.39. The molecule has 0 aliphatic carbocycles. The summed E-state index contributed by atoms with van der Waals surface area (Å²) in [5.41, 5.74) is 1.94. The van der Waals surface area contributed by atoms with Gasteiger partial charge in [-0.25, -0.2) is 4.59 Å². The number of benzene rings is 2. The molecule has 4 nitrogen and oxygen atoms in total. The van der Waals surface area contributed by atoms with E-state index in [0.717, 1.165) is 17.1 Å². The van der Waals surface area contributed by atoms with Gasteiger partial charge in [-0.15, -0.1) is 0 Å². The number of anilines is 1. The first kappa shape index (κ1) is 16.1. The molecule has 2 N–H and O–H groups in total. The van der Waals surface area contributed by atoms with E-state index in [9.17, 15) is 0 Å². The predicted octanol–water partition coefficient (Wildman–Crippen LogP) is 3.04. The van der Waals surface area contributed by atoms with Crippen molar-refractivity contribution >= 4 is 28.9 Å². The van der Waals surface area contributed by atoms with E-state index in [1.807, 2.05) is 81.8 Å². The molecule has 0 bridgehead atoms. The molecule has 5 heteroatoms. The van der Waals surface area contributed by atoms with Crippen molar-refractivity contribution in [1.29, 1.82) is 0 Å². The van der Waals surface area contributed by atoms with Crippen molar-refractivity contribution in [2.24, 2.45) is 5.10 Å². The number of amidine groups is 1. The third kappa shape index (κ3) is 5.27. The Morgan fingerprint density at radius 3 is 2.00 bits per heavy atom. The van der Waals surface area contributed by atoms with Gasteiger partial charge in [0.2, 0.25) is 0 Å². The van der Waals surface area contributed by atoms with Gasteiger partial charge in [-0.3, -0.25) is 0 Å². The number of hydrogen-bond acceptors (Lipinski definition) is 2. The minimum absolute atomic E-state index is 0.450. The number of nitrogens with one attached hydrogen (secondary N) is 2. The molecule has 0 fully saturated rings. The van der Waals surface area contributed by atoms with Crippen LogP contribution in [0.2, 0.25) is 0 Å². The van der Waals surface area contributed by atoms with E-state index in [-0.39, 0.29) is 0 Å². The Balaban J connectivity index is 2.17. The van der Waals surface area contributed by atoms with Crippen LogP contribution in [0.15, 0.2) is 65.8 Å². The van der Waals surface area contributed by atoms with E-state index in [1.54, 1.807) is 0 Å². The van der Waals surface area contributed by atoms with Crippen molar-refractivity contribution in [3.05, 3.63) is 66.2 Å². The molecule has 0 aromatic heterocycles. The fourth-order valence-electron chi connectivity index (χ4n) is 1.84. The minimum Gasteiger partial charge on any atom is -0.332 e. The molecule has 22 heavy (non-hydrogen) atoms. The molecule has 0 saturated carbocycles. The third-order valence-electron chi connectivity index (χ3n) is 2.71. The smallest absolute Gasteiger partial charge is 0.195 e. The van der Waals surface area contributed by atoms with Gasteiger partial charge in [0.25, 0.3) is 0 Å². The highest BCUT2D eigenvalue weighted by atomic mass is 32.1. The van der Waals surface area contributed by atoms with Crippen molar-refractivity contribution in [2.75, 3.05) is 26.5 Å². The van der Waals surface area contributed by atoms with Crippen LogP contribution in [-0.4, -0.2) is 36.7 Å². The zero-order valence-corrected chi connectivity index (χ0v) is 13.9. The lowest BCUT2D eigenvalue weighted by Gasteiger charge is -2.19. The second-order valence-electron chi connectivity index (χ2n) is 5.70. The Labute approximate surface area is 137 Å². The Morgan fingerprint density at radius 2 is 1.45 bits per heavy atom. The molecule has 0 aliphatic heterocycles. The maximum absolute atomic E-state index is 5.39. The molecule has 114 valence electrons. The van der Waals surface area contributed by atoms with E-state index < -0.39 is 0 Å². The van der Waals surface area contributed by atoms with Crippen LogP contribution in [0.25, 0.3) is 0 Å². The normalized spacial score (nSPS) is 11.9. The summed E-state index contributed by atoms with van der Waals surface area (Å²) in [5.74, 6) is 0.738. The van der Waals surface area contributed by atoms with E-state index in [2.05, 4.69) is 15.7 Å². The van der Waals surface area contributed by atoms with Crippen LogP contribution in [0.3, 0.4) is 0 Å². The molecule has 0 aliphatic rings. The molecule has 0 amide bonds. The standard InChI is InChI=1S/C17H20N4S/c1-21(2,3)20-16(14-10-6-4-7-11-14)19-17(22)18-15-12-8-5-9-13-15/h4-13H,1-3H3,(H-,18,19,20,22)/p+1. The zero-order chi connectivity index (χ0) is 16.0. The SMILES string of the molecule is C[N+](C)(C)/N=C(\NC(=S)Nc1ccccc1)c1ccccc1. The van der Waals surface area contributed by atoms with Gasteiger partial charge in [-0.05, 0) is 24.4 Å². The zero-order valence-electron chi connectivity index (χ0n) is 13.1. The molecule has 2 aromatic rings. The molecular formula is C17H21N4S+. The van der Waals surface area contributed by atoms with Crippen LogP contribution in [0, 0.1) is 0 Å². The van der Waals surface area contributed by atoms with Gasteiger partial charge in [0.1, 0.15) is 0 Å². The average Bonchev–Trinajstić information content (AvgIpc) is 2.47. The van der Waals surface area contributed by atoms with E-state index in [4.69, 9.17) is 12.2 Å².